The van der Waals surface area contributed by atoms with Gasteiger partial charge in [0.25, 0.3) is 0 Å². The molecule has 4 atom stereocenters. The van der Waals surface area contributed by atoms with Gasteiger partial charge in [0.1, 0.15) is 5.75 Å². The third kappa shape index (κ3) is 7.32. The molecule has 0 aliphatic heterocycles. The summed E-state index contributed by atoms with van der Waals surface area (Å²) < 4.78 is 5.43. The standard InChI is InChI=1S/C26H42BNO2/c1-8-11-12-13-23(24-18-22(30-7)15-14-21(24)6)25(29)26(27,10-3)28-17-16-20(5)19(4)9-2/h11-15,18-20,25,28-29H,8-10,16-17H2,1-7H3/b12-11+,23-13+/t19-,20?,25?,26?/m1/s1. The second kappa shape index (κ2) is 13.0. The molecule has 3 unspecified atom stereocenters. The van der Waals surface area contributed by atoms with Gasteiger partial charge >= 0.3 is 0 Å². The van der Waals surface area contributed by atoms with Crippen LogP contribution >= 0.6 is 0 Å². The maximum absolute atomic E-state index is 11.5. The Kier molecular flexibility index (Phi) is 11.5. The third-order valence-corrected chi connectivity index (χ3v) is 6.44. The predicted octanol–water partition coefficient (Wildman–Crippen LogP) is 5.65. The number of rotatable bonds is 13. The molecule has 1 rings (SSSR count). The Hall–Kier alpha value is -1.52. The summed E-state index contributed by atoms with van der Waals surface area (Å²) in [5.74, 6) is 2.06. The summed E-state index contributed by atoms with van der Waals surface area (Å²) in [6, 6.07) is 5.93. The second-order valence-corrected chi connectivity index (χ2v) is 8.51. The number of allylic oxidation sites excluding steroid dienone is 3. The highest BCUT2D eigenvalue weighted by Gasteiger charge is 2.33. The lowest BCUT2D eigenvalue weighted by molar-refractivity contribution is 0.151. The highest BCUT2D eigenvalue weighted by molar-refractivity contribution is 6.17. The van der Waals surface area contributed by atoms with Gasteiger partial charge in [0.15, 0.2) is 0 Å². The van der Waals surface area contributed by atoms with Crippen molar-refractivity contribution >= 4 is 13.4 Å². The molecule has 0 heterocycles. The molecule has 2 radical (unpaired) electrons. The number of aliphatic hydroxyl groups excluding tert-OH is 1. The zero-order chi connectivity index (χ0) is 22.7. The lowest BCUT2D eigenvalue weighted by Crippen LogP contribution is -2.55. The first-order valence-corrected chi connectivity index (χ1v) is 11.5. The Morgan fingerprint density at radius 3 is 2.50 bits per heavy atom. The number of methoxy groups -OCH3 is 1. The van der Waals surface area contributed by atoms with Gasteiger partial charge in [-0.2, -0.15) is 0 Å². The van der Waals surface area contributed by atoms with Gasteiger partial charge in [-0.05, 0) is 73.4 Å². The Morgan fingerprint density at radius 2 is 1.93 bits per heavy atom. The minimum absolute atomic E-state index is 0.615. The number of nitrogens with one attached hydrogen (secondary N) is 1. The summed E-state index contributed by atoms with van der Waals surface area (Å²) in [5.41, 5.74) is 1.94. The first kappa shape index (κ1) is 26.5. The fourth-order valence-corrected chi connectivity index (χ4v) is 3.59. The summed E-state index contributed by atoms with van der Waals surface area (Å²) in [7, 11) is 8.40. The van der Waals surface area contributed by atoms with E-state index in [0.29, 0.717) is 18.3 Å². The zero-order valence-electron chi connectivity index (χ0n) is 20.2. The molecule has 0 spiro atoms. The van der Waals surface area contributed by atoms with Crippen LogP contribution in [0.2, 0.25) is 0 Å². The molecular weight excluding hydrogens is 369 g/mol. The molecule has 166 valence electrons. The van der Waals surface area contributed by atoms with Crippen molar-refractivity contribution in [2.24, 2.45) is 11.8 Å². The Morgan fingerprint density at radius 1 is 1.23 bits per heavy atom. The number of ether oxygens (including phenoxy) is 1. The van der Waals surface area contributed by atoms with Gasteiger partial charge < -0.3 is 15.2 Å². The van der Waals surface area contributed by atoms with E-state index in [4.69, 9.17) is 12.6 Å². The van der Waals surface area contributed by atoms with Crippen LogP contribution in [-0.4, -0.2) is 38.1 Å². The van der Waals surface area contributed by atoms with Crippen molar-refractivity contribution in [3.05, 3.63) is 47.6 Å². The topological polar surface area (TPSA) is 41.5 Å². The SMILES string of the molecule is [B]C(CC)(NCCC(C)[C@H](C)CC)C(O)/C(=C/C=C/CC)c1cc(OC)ccc1C. The van der Waals surface area contributed by atoms with E-state index >= 15 is 0 Å². The van der Waals surface area contributed by atoms with Crippen molar-refractivity contribution in [3.8, 4) is 5.75 Å². The fourth-order valence-electron chi connectivity index (χ4n) is 3.59. The van der Waals surface area contributed by atoms with Gasteiger partial charge in [0.05, 0.1) is 21.1 Å². The minimum atomic E-state index is -0.906. The Labute approximate surface area is 186 Å². The summed E-state index contributed by atoms with van der Waals surface area (Å²) in [5, 5.41) is 14.9. The van der Waals surface area contributed by atoms with Crippen LogP contribution < -0.4 is 10.1 Å². The molecule has 4 heteroatoms. The number of hydrogen-bond acceptors (Lipinski definition) is 3. The average Bonchev–Trinajstić information content (AvgIpc) is 2.76. The highest BCUT2D eigenvalue weighted by atomic mass is 16.5. The maximum Gasteiger partial charge on any atom is 0.119 e. The second-order valence-electron chi connectivity index (χ2n) is 8.51. The molecule has 1 aromatic carbocycles. The van der Waals surface area contributed by atoms with Gasteiger partial charge in [0, 0.05) is 5.44 Å². The molecule has 3 nitrogen and oxygen atoms in total. The molecule has 0 aromatic heterocycles. The smallest absolute Gasteiger partial charge is 0.119 e. The Balaban J connectivity index is 3.18. The number of aliphatic hydroxyl groups is 1. The van der Waals surface area contributed by atoms with Crippen LogP contribution in [0.15, 0.2) is 36.4 Å². The van der Waals surface area contributed by atoms with Crippen LogP contribution in [0.5, 0.6) is 5.75 Å². The van der Waals surface area contributed by atoms with Gasteiger partial charge in [-0.1, -0.05) is 65.3 Å². The van der Waals surface area contributed by atoms with Crippen molar-refractivity contribution in [2.75, 3.05) is 13.7 Å². The molecule has 0 saturated heterocycles. The van der Waals surface area contributed by atoms with Crippen molar-refractivity contribution in [1.29, 1.82) is 0 Å². The fraction of sp³-hybridized carbons (Fsp3) is 0.615. The summed E-state index contributed by atoms with van der Waals surface area (Å²) >= 11 is 0. The molecule has 0 bridgehead atoms. The lowest BCUT2D eigenvalue weighted by Gasteiger charge is -2.38. The summed E-state index contributed by atoms with van der Waals surface area (Å²) in [6.07, 6.45) is 8.97. The van der Waals surface area contributed by atoms with Crippen molar-refractivity contribution < 1.29 is 9.84 Å². The predicted molar refractivity (Wildman–Crippen MR) is 131 cm³/mol. The highest BCUT2D eigenvalue weighted by Crippen LogP contribution is 2.31. The first-order chi connectivity index (χ1) is 14.2. The van der Waals surface area contributed by atoms with Gasteiger partial charge in [-0.3, -0.25) is 0 Å². The minimum Gasteiger partial charge on any atom is -0.497 e. The van der Waals surface area contributed by atoms with E-state index in [9.17, 15) is 5.11 Å². The number of benzene rings is 1. The number of hydrogen-bond donors (Lipinski definition) is 2. The van der Waals surface area contributed by atoms with E-state index in [1.807, 2.05) is 44.2 Å². The molecule has 0 aliphatic carbocycles. The van der Waals surface area contributed by atoms with Crippen molar-refractivity contribution in [2.45, 2.75) is 78.8 Å². The van der Waals surface area contributed by atoms with Gasteiger partial charge in [0.2, 0.25) is 0 Å². The molecule has 0 saturated carbocycles. The quantitative estimate of drug-likeness (QED) is 0.326. The molecule has 1 aromatic rings. The van der Waals surface area contributed by atoms with Gasteiger partial charge in [-0.15, -0.1) is 0 Å². The maximum atomic E-state index is 11.5. The van der Waals surface area contributed by atoms with Crippen LogP contribution in [0.25, 0.3) is 5.57 Å². The van der Waals surface area contributed by atoms with E-state index in [-0.39, 0.29) is 0 Å². The third-order valence-electron chi connectivity index (χ3n) is 6.44. The van der Waals surface area contributed by atoms with E-state index in [0.717, 1.165) is 41.8 Å². The van der Waals surface area contributed by atoms with E-state index in [2.05, 4.69) is 39.1 Å². The van der Waals surface area contributed by atoms with Crippen LogP contribution in [-0.2, 0) is 0 Å². The van der Waals surface area contributed by atoms with Crippen molar-refractivity contribution in [3.63, 3.8) is 0 Å². The molecule has 0 aliphatic rings. The van der Waals surface area contributed by atoms with E-state index in [1.54, 1.807) is 7.11 Å². The van der Waals surface area contributed by atoms with Crippen LogP contribution in [0.3, 0.4) is 0 Å². The van der Waals surface area contributed by atoms with Crippen LogP contribution in [0.4, 0.5) is 0 Å². The normalized spacial score (nSPS) is 17.5. The molecule has 0 fully saturated rings. The molecule has 0 amide bonds. The van der Waals surface area contributed by atoms with Crippen LogP contribution in [0, 0.1) is 18.8 Å². The zero-order valence-corrected chi connectivity index (χ0v) is 20.2. The van der Waals surface area contributed by atoms with Crippen LogP contribution in [0.1, 0.15) is 71.4 Å². The summed E-state index contributed by atoms with van der Waals surface area (Å²) in [4.78, 5) is 0. The van der Waals surface area contributed by atoms with E-state index < -0.39 is 11.5 Å². The number of aryl methyl sites for hydroxylation is 1. The summed E-state index contributed by atoms with van der Waals surface area (Å²) in [6.45, 7) is 13.8. The average molecular weight is 411 g/mol. The molecular formula is C26H42BNO2. The first-order valence-electron chi connectivity index (χ1n) is 11.5. The Bertz CT molecular complexity index is 700. The largest absolute Gasteiger partial charge is 0.497 e. The van der Waals surface area contributed by atoms with Gasteiger partial charge in [-0.25, -0.2) is 0 Å². The monoisotopic (exact) mass is 411 g/mol. The van der Waals surface area contributed by atoms with E-state index in [1.165, 1.54) is 6.42 Å². The van der Waals surface area contributed by atoms with Crippen molar-refractivity contribution in [1.82, 2.24) is 5.32 Å². The molecule has 2 N–H and O–H groups in total. The lowest BCUT2D eigenvalue weighted by atomic mass is 9.67. The molecule has 30 heavy (non-hydrogen) atoms.